The minimum absolute atomic E-state index is 0.0895. The average Bonchev–Trinajstić information content (AvgIpc) is 2.88. The second-order valence-electron chi connectivity index (χ2n) is 8.04. The molecule has 0 amide bonds. The summed E-state index contributed by atoms with van der Waals surface area (Å²) in [7, 11) is 0. The predicted octanol–water partition coefficient (Wildman–Crippen LogP) is 6.02. The molecule has 0 bridgehead atoms. The molecule has 0 aliphatic carbocycles. The topological polar surface area (TPSA) is 78.9 Å². The lowest BCUT2D eigenvalue weighted by atomic mass is 9.81. The number of Topliss-reactive ketones (excluding diaryl/α,β-unsaturated/α-hetero) is 1. The Balaban J connectivity index is 1.93. The van der Waals surface area contributed by atoms with Crippen molar-refractivity contribution >= 4 is 29.3 Å². The summed E-state index contributed by atoms with van der Waals surface area (Å²) in [6.45, 7) is 3.78. The van der Waals surface area contributed by atoms with Crippen molar-refractivity contribution in [2.75, 3.05) is 13.2 Å². The second kappa shape index (κ2) is 13.4. The first-order valence-corrected chi connectivity index (χ1v) is 12.2. The number of halogens is 1. The minimum Gasteiger partial charge on any atom is -0.488 e. The molecule has 0 spiro atoms. The third kappa shape index (κ3) is 7.18. The molecule has 0 saturated carbocycles. The summed E-state index contributed by atoms with van der Waals surface area (Å²) < 4.78 is 16.3. The van der Waals surface area contributed by atoms with Crippen molar-refractivity contribution < 1.29 is 28.6 Å². The Bertz CT molecular complexity index is 1140. The molecular weight excluding hydrogens is 480 g/mol. The first-order chi connectivity index (χ1) is 17.4. The fourth-order valence-electron chi connectivity index (χ4n) is 3.89. The van der Waals surface area contributed by atoms with Crippen LogP contribution in [0.15, 0.2) is 78.9 Å². The zero-order chi connectivity index (χ0) is 25.9. The van der Waals surface area contributed by atoms with Gasteiger partial charge in [-0.3, -0.25) is 14.4 Å². The summed E-state index contributed by atoms with van der Waals surface area (Å²) in [6, 6.07) is 23.2. The second-order valence-corrected chi connectivity index (χ2v) is 8.47. The Morgan fingerprint density at radius 1 is 0.778 bits per heavy atom. The van der Waals surface area contributed by atoms with Crippen molar-refractivity contribution in [1.82, 2.24) is 0 Å². The summed E-state index contributed by atoms with van der Waals surface area (Å²) >= 11 is 6.06. The SMILES string of the molecule is CCOC(=O)C(C(=O)OCC)C(CC(=O)c1ccccc1OCc1ccccc1)c1ccc(Cl)cc1. The molecule has 188 valence electrons. The number of benzene rings is 3. The van der Waals surface area contributed by atoms with Gasteiger partial charge in [0, 0.05) is 17.4 Å². The molecule has 0 aromatic heterocycles. The third-order valence-electron chi connectivity index (χ3n) is 5.61. The molecule has 0 heterocycles. The van der Waals surface area contributed by atoms with E-state index in [1.165, 1.54) is 0 Å². The Morgan fingerprint density at radius 3 is 1.97 bits per heavy atom. The quantitative estimate of drug-likeness (QED) is 0.169. The van der Waals surface area contributed by atoms with E-state index in [0.29, 0.717) is 28.5 Å². The number of para-hydroxylation sites is 1. The molecule has 3 rings (SSSR count). The normalized spacial score (nSPS) is 11.6. The van der Waals surface area contributed by atoms with Gasteiger partial charge in [0.15, 0.2) is 11.7 Å². The Hall–Kier alpha value is -3.64. The fraction of sp³-hybridized carbons (Fsp3) is 0.276. The van der Waals surface area contributed by atoms with E-state index in [9.17, 15) is 14.4 Å². The van der Waals surface area contributed by atoms with Crippen LogP contribution in [0, 0.1) is 5.92 Å². The van der Waals surface area contributed by atoms with E-state index in [1.807, 2.05) is 30.3 Å². The van der Waals surface area contributed by atoms with Crippen LogP contribution < -0.4 is 4.74 Å². The van der Waals surface area contributed by atoms with Crippen molar-refractivity contribution in [1.29, 1.82) is 0 Å². The number of carbonyl (C=O) groups is 3. The first kappa shape index (κ1) is 27.0. The van der Waals surface area contributed by atoms with E-state index < -0.39 is 23.8 Å². The molecular formula is C29H29ClO6. The molecule has 0 aliphatic rings. The summed E-state index contributed by atoms with van der Waals surface area (Å²) in [5.41, 5.74) is 1.92. The lowest BCUT2D eigenvalue weighted by Crippen LogP contribution is -2.34. The van der Waals surface area contributed by atoms with Crippen LogP contribution in [0.3, 0.4) is 0 Å². The summed E-state index contributed by atoms with van der Waals surface area (Å²) in [5.74, 6) is -3.47. The van der Waals surface area contributed by atoms with Gasteiger partial charge in [0.2, 0.25) is 0 Å². The maximum atomic E-state index is 13.6. The number of rotatable bonds is 12. The molecule has 3 aromatic carbocycles. The van der Waals surface area contributed by atoms with Gasteiger partial charge in [-0.1, -0.05) is 66.2 Å². The zero-order valence-electron chi connectivity index (χ0n) is 20.3. The largest absolute Gasteiger partial charge is 0.488 e. The molecule has 0 saturated heterocycles. The van der Waals surface area contributed by atoms with E-state index in [2.05, 4.69) is 0 Å². The van der Waals surface area contributed by atoms with Crippen LogP contribution >= 0.6 is 11.6 Å². The van der Waals surface area contributed by atoms with Gasteiger partial charge >= 0.3 is 11.9 Å². The number of hydrogen-bond acceptors (Lipinski definition) is 6. The Morgan fingerprint density at radius 2 is 1.36 bits per heavy atom. The first-order valence-electron chi connectivity index (χ1n) is 11.8. The lowest BCUT2D eigenvalue weighted by Gasteiger charge is -2.24. The van der Waals surface area contributed by atoms with Gasteiger partial charge in [-0.2, -0.15) is 0 Å². The minimum atomic E-state index is -1.31. The van der Waals surface area contributed by atoms with Crippen LogP contribution in [0.25, 0.3) is 0 Å². The highest BCUT2D eigenvalue weighted by Gasteiger charge is 2.40. The summed E-state index contributed by atoms with van der Waals surface area (Å²) in [6.07, 6.45) is -0.143. The number of hydrogen-bond donors (Lipinski definition) is 0. The fourth-order valence-corrected chi connectivity index (χ4v) is 4.02. The molecule has 36 heavy (non-hydrogen) atoms. The molecule has 0 radical (unpaired) electrons. The van der Waals surface area contributed by atoms with E-state index in [-0.39, 0.29) is 25.4 Å². The van der Waals surface area contributed by atoms with Crippen LogP contribution in [-0.2, 0) is 25.7 Å². The summed E-state index contributed by atoms with van der Waals surface area (Å²) in [4.78, 5) is 39.4. The summed E-state index contributed by atoms with van der Waals surface area (Å²) in [5, 5.41) is 0.493. The highest BCUT2D eigenvalue weighted by atomic mass is 35.5. The molecule has 1 unspecified atom stereocenters. The maximum absolute atomic E-state index is 13.6. The highest BCUT2D eigenvalue weighted by molar-refractivity contribution is 6.30. The maximum Gasteiger partial charge on any atom is 0.320 e. The van der Waals surface area contributed by atoms with Gasteiger partial charge in [0.25, 0.3) is 0 Å². The molecule has 0 fully saturated rings. The Kier molecular flexibility index (Phi) is 10.1. The van der Waals surface area contributed by atoms with Crippen LogP contribution in [0.4, 0.5) is 0 Å². The van der Waals surface area contributed by atoms with E-state index in [1.54, 1.807) is 62.4 Å². The van der Waals surface area contributed by atoms with Crippen molar-refractivity contribution in [3.05, 3.63) is 101 Å². The van der Waals surface area contributed by atoms with Crippen LogP contribution in [0.5, 0.6) is 5.75 Å². The van der Waals surface area contributed by atoms with E-state index in [0.717, 1.165) is 5.56 Å². The Labute approximate surface area is 216 Å². The van der Waals surface area contributed by atoms with Crippen LogP contribution in [0.1, 0.15) is 47.7 Å². The van der Waals surface area contributed by atoms with Crippen molar-refractivity contribution in [2.45, 2.75) is 32.8 Å². The molecule has 1 atom stereocenters. The van der Waals surface area contributed by atoms with Crippen LogP contribution in [-0.4, -0.2) is 30.9 Å². The van der Waals surface area contributed by atoms with Gasteiger partial charge in [0.1, 0.15) is 12.4 Å². The van der Waals surface area contributed by atoms with Gasteiger partial charge in [-0.25, -0.2) is 0 Å². The lowest BCUT2D eigenvalue weighted by molar-refractivity contribution is -0.162. The van der Waals surface area contributed by atoms with Gasteiger partial charge in [-0.15, -0.1) is 0 Å². The van der Waals surface area contributed by atoms with Gasteiger partial charge in [-0.05, 0) is 49.2 Å². The molecule has 0 N–H and O–H groups in total. The predicted molar refractivity (Wildman–Crippen MR) is 137 cm³/mol. The third-order valence-corrected chi connectivity index (χ3v) is 5.86. The number of carbonyl (C=O) groups excluding carboxylic acids is 3. The average molecular weight is 509 g/mol. The van der Waals surface area contributed by atoms with Crippen molar-refractivity contribution in [3.8, 4) is 5.75 Å². The van der Waals surface area contributed by atoms with E-state index in [4.69, 9.17) is 25.8 Å². The van der Waals surface area contributed by atoms with Gasteiger partial charge in [0.05, 0.1) is 18.8 Å². The number of ether oxygens (including phenoxy) is 3. The monoisotopic (exact) mass is 508 g/mol. The molecule has 6 nitrogen and oxygen atoms in total. The van der Waals surface area contributed by atoms with E-state index >= 15 is 0 Å². The number of ketones is 1. The molecule has 7 heteroatoms. The molecule has 3 aromatic rings. The van der Waals surface area contributed by atoms with Crippen molar-refractivity contribution in [3.63, 3.8) is 0 Å². The zero-order valence-corrected chi connectivity index (χ0v) is 21.1. The highest BCUT2D eigenvalue weighted by Crippen LogP contribution is 2.34. The van der Waals surface area contributed by atoms with Crippen molar-refractivity contribution in [2.24, 2.45) is 5.92 Å². The van der Waals surface area contributed by atoms with Gasteiger partial charge < -0.3 is 14.2 Å². The van der Waals surface area contributed by atoms with Crippen LogP contribution in [0.2, 0.25) is 5.02 Å². The standard InChI is InChI=1S/C29H29ClO6/c1-3-34-28(32)27(29(33)35-4-2)24(21-14-16-22(30)17-15-21)18-25(31)23-12-8-9-13-26(23)36-19-20-10-6-5-7-11-20/h5-17,24,27H,3-4,18-19H2,1-2H3. The smallest absolute Gasteiger partial charge is 0.320 e. The molecule has 0 aliphatic heterocycles. The number of esters is 2.